The van der Waals surface area contributed by atoms with Gasteiger partial charge in [0.2, 0.25) is 5.91 Å². The van der Waals surface area contributed by atoms with Crippen LogP contribution in [0.15, 0.2) is 24.3 Å². The lowest BCUT2D eigenvalue weighted by atomic mass is 10.2. The Bertz CT molecular complexity index is 340. The first-order valence-corrected chi connectivity index (χ1v) is 5.31. The molecule has 96 valence electrons. The zero-order valence-corrected chi connectivity index (χ0v) is 11.1. The van der Waals surface area contributed by atoms with E-state index in [9.17, 15) is 4.79 Å². The molecule has 1 amide bonds. The lowest BCUT2D eigenvalue weighted by Gasteiger charge is -2.12. The molecule has 0 aliphatic heterocycles. The summed E-state index contributed by atoms with van der Waals surface area (Å²) in [7, 11) is 1.53. The van der Waals surface area contributed by atoms with E-state index < -0.39 is 0 Å². The number of hydrogen-bond acceptors (Lipinski definition) is 3. The Morgan fingerprint density at radius 3 is 2.53 bits per heavy atom. The van der Waals surface area contributed by atoms with Crippen LogP contribution in [0.25, 0.3) is 0 Å². The van der Waals surface area contributed by atoms with Crippen LogP contribution in [0.2, 0.25) is 5.02 Å². The maximum absolute atomic E-state index is 11.5. The molecule has 1 aromatic rings. The fourth-order valence-electron chi connectivity index (χ4n) is 1.21. The van der Waals surface area contributed by atoms with E-state index in [4.69, 9.17) is 22.1 Å². The molecule has 1 aromatic carbocycles. The number of ether oxygens (including phenoxy) is 1. The first kappa shape index (κ1) is 16.2. The lowest BCUT2D eigenvalue weighted by Crippen LogP contribution is -2.28. The Kier molecular flexibility index (Phi) is 7.91. The quantitative estimate of drug-likeness (QED) is 0.867. The Hall–Kier alpha value is -0.810. The predicted molar refractivity (Wildman–Crippen MR) is 71.8 cm³/mol. The molecule has 0 saturated heterocycles. The van der Waals surface area contributed by atoms with Crippen molar-refractivity contribution in [3.63, 3.8) is 0 Å². The molecule has 0 heterocycles. The third-order valence-electron chi connectivity index (χ3n) is 2.14. The van der Waals surface area contributed by atoms with Crippen molar-refractivity contribution in [2.24, 2.45) is 5.73 Å². The van der Waals surface area contributed by atoms with Gasteiger partial charge in [0.25, 0.3) is 0 Å². The summed E-state index contributed by atoms with van der Waals surface area (Å²) < 4.78 is 5.02. The highest BCUT2D eigenvalue weighted by molar-refractivity contribution is 6.30. The molecule has 0 fully saturated rings. The average molecular weight is 279 g/mol. The lowest BCUT2D eigenvalue weighted by molar-refractivity contribution is -0.118. The van der Waals surface area contributed by atoms with E-state index in [-0.39, 0.29) is 30.8 Å². The summed E-state index contributed by atoms with van der Waals surface area (Å²) in [5.74, 6) is -0.125. The number of nitrogens with one attached hydrogen (secondary N) is 1. The van der Waals surface area contributed by atoms with Gasteiger partial charge in [-0.25, -0.2) is 0 Å². The monoisotopic (exact) mass is 278 g/mol. The molecular formula is C11H16Cl2N2O2. The number of anilines is 1. The van der Waals surface area contributed by atoms with Crippen LogP contribution < -0.4 is 11.1 Å². The van der Waals surface area contributed by atoms with Crippen LogP contribution in [-0.2, 0) is 9.53 Å². The Morgan fingerprint density at radius 2 is 2.06 bits per heavy atom. The van der Waals surface area contributed by atoms with Gasteiger partial charge < -0.3 is 15.8 Å². The number of rotatable bonds is 5. The van der Waals surface area contributed by atoms with Gasteiger partial charge in [0.1, 0.15) is 0 Å². The molecule has 1 unspecified atom stereocenters. The molecule has 3 N–H and O–H groups in total. The topological polar surface area (TPSA) is 64.3 Å². The molecule has 0 aliphatic rings. The summed E-state index contributed by atoms with van der Waals surface area (Å²) in [6.07, 6.45) is 0.00242. The van der Waals surface area contributed by atoms with Crippen molar-refractivity contribution in [2.45, 2.75) is 12.5 Å². The van der Waals surface area contributed by atoms with Gasteiger partial charge in [-0.15, -0.1) is 12.4 Å². The molecule has 6 heteroatoms. The predicted octanol–water partition coefficient (Wildman–Crippen LogP) is 2.06. The molecule has 4 nitrogen and oxygen atoms in total. The number of nitrogens with two attached hydrogens (primary N) is 1. The standard InChI is InChI=1S/C11H15ClN2O2.ClH/c1-16-10(7-13)6-11(15)14-9-4-2-8(12)3-5-9;/h2-5,10H,6-7,13H2,1H3,(H,14,15);1H. The van der Waals surface area contributed by atoms with Gasteiger partial charge in [-0.3, -0.25) is 4.79 Å². The molecule has 0 spiro atoms. The highest BCUT2D eigenvalue weighted by Gasteiger charge is 2.11. The third kappa shape index (κ3) is 5.89. The summed E-state index contributed by atoms with van der Waals surface area (Å²) >= 11 is 5.73. The minimum absolute atomic E-state index is 0. The van der Waals surface area contributed by atoms with Crippen molar-refractivity contribution in [1.29, 1.82) is 0 Å². The van der Waals surface area contributed by atoms with Crippen molar-refractivity contribution in [3.8, 4) is 0 Å². The van der Waals surface area contributed by atoms with E-state index in [1.54, 1.807) is 24.3 Å². The molecule has 0 radical (unpaired) electrons. The van der Waals surface area contributed by atoms with Gasteiger partial charge in [-0.1, -0.05) is 11.6 Å². The van der Waals surface area contributed by atoms with Gasteiger partial charge in [-0.05, 0) is 24.3 Å². The first-order valence-electron chi connectivity index (χ1n) is 4.94. The molecule has 0 bridgehead atoms. The highest BCUT2D eigenvalue weighted by atomic mass is 35.5. The molecule has 1 rings (SSSR count). The van der Waals surface area contributed by atoms with E-state index in [0.29, 0.717) is 17.3 Å². The molecular weight excluding hydrogens is 263 g/mol. The summed E-state index contributed by atoms with van der Waals surface area (Å²) in [5, 5.41) is 3.37. The summed E-state index contributed by atoms with van der Waals surface area (Å²) in [6.45, 7) is 0.324. The van der Waals surface area contributed by atoms with Gasteiger partial charge in [0.15, 0.2) is 0 Å². The van der Waals surface area contributed by atoms with Gasteiger partial charge in [-0.2, -0.15) is 0 Å². The second-order valence-corrected chi connectivity index (χ2v) is 3.79. The molecule has 0 aliphatic carbocycles. The van der Waals surface area contributed by atoms with E-state index >= 15 is 0 Å². The normalized spacial score (nSPS) is 11.5. The van der Waals surface area contributed by atoms with Crippen LogP contribution in [0.1, 0.15) is 6.42 Å². The fraction of sp³-hybridized carbons (Fsp3) is 0.364. The van der Waals surface area contributed by atoms with Crippen molar-refractivity contribution < 1.29 is 9.53 Å². The van der Waals surface area contributed by atoms with Gasteiger partial charge >= 0.3 is 0 Å². The highest BCUT2D eigenvalue weighted by Crippen LogP contribution is 2.13. The zero-order valence-electron chi connectivity index (χ0n) is 9.48. The number of benzene rings is 1. The third-order valence-corrected chi connectivity index (χ3v) is 2.39. The van der Waals surface area contributed by atoms with Crippen molar-refractivity contribution >= 4 is 35.6 Å². The van der Waals surface area contributed by atoms with Crippen molar-refractivity contribution in [1.82, 2.24) is 0 Å². The van der Waals surface area contributed by atoms with Crippen LogP contribution in [0.5, 0.6) is 0 Å². The molecule has 0 saturated carbocycles. The van der Waals surface area contributed by atoms with E-state index in [1.807, 2.05) is 0 Å². The fourth-order valence-corrected chi connectivity index (χ4v) is 1.34. The van der Waals surface area contributed by atoms with Crippen LogP contribution in [0, 0.1) is 0 Å². The van der Waals surface area contributed by atoms with Crippen LogP contribution in [0.4, 0.5) is 5.69 Å². The second-order valence-electron chi connectivity index (χ2n) is 3.35. The summed E-state index contributed by atoms with van der Waals surface area (Å²) in [6, 6.07) is 6.91. The Balaban J connectivity index is 0.00000256. The van der Waals surface area contributed by atoms with Crippen molar-refractivity contribution in [3.05, 3.63) is 29.3 Å². The SMILES string of the molecule is COC(CN)CC(=O)Nc1ccc(Cl)cc1.Cl. The number of halogens is 2. The van der Waals surface area contributed by atoms with E-state index in [2.05, 4.69) is 5.32 Å². The minimum Gasteiger partial charge on any atom is -0.380 e. The molecule has 0 aromatic heterocycles. The van der Waals surface area contributed by atoms with Gasteiger partial charge in [0, 0.05) is 24.4 Å². The first-order chi connectivity index (χ1) is 7.65. The largest absolute Gasteiger partial charge is 0.380 e. The van der Waals surface area contributed by atoms with Gasteiger partial charge in [0.05, 0.1) is 12.5 Å². The van der Waals surface area contributed by atoms with E-state index in [0.717, 1.165) is 0 Å². The average Bonchev–Trinajstić information content (AvgIpc) is 2.29. The zero-order chi connectivity index (χ0) is 12.0. The minimum atomic E-state index is -0.243. The summed E-state index contributed by atoms with van der Waals surface area (Å²) in [4.78, 5) is 11.5. The second kappa shape index (κ2) is 8.31. The number of amides is 1. The Morgan fingerprint density at radius 1 is 1.47 bits per heavy atom. The molecule has 17 heavy (non-hydrogen) atoms. The van der Waals surface area contributed by atoms with Crippen LogP contribution >= 0.6 is 24.0 Å². The number of carbonyl (C=O) groups is 1. The Labute approximate surface area is 112 Å². The maximum Gasteiger partial charge on any atom is 0.227 e. The smallest absolute Gasteiger partial charge is 0.227 e. The molecule has 1 atom stereocenters. The number of carbonyl (C=O) groups excluding carboxylic acids is 1. The maximum atomic E-state index is 11.5. The summed E-state index contributed by atoms with van der Waals surface area (Å²) in [5.41, 5.74) is 6.13. The van der Waals surface area contributed by atoms with E-state index in [1.165, 1.54) is 7.11 Å². The number of hydrogen-bond donors (Lipinski definition) is 2. The number of methoxy groups -OCH3 is 1. The van der Waals surface area contributed by atoms with Crippen LogP contribution in [-0.4, -0.2) is 25.7 Å². The van der Waals surface area contributed by atoms with Crippen LogP contribution in [0.3, 0.4) is 0 Å². The van der Waals surface area contributed by atoms with Crippen molar-refractivity contribution in [2.75, 3.05) is 19.0 Å².